The second-order valence-corrected chi connectivity index (χ2v) is 5.85. The zero-order valence-corrected chi connectivity index (χ0v) is 12.5. The third-order valence-electron chi connectivity index (χ3n) is 2.75. The Balaban J connectivity index is 2.12. The summed E-state index contributed by atoms with van der Waals surface area (Å²) in [5, 5.41) is 4.39. The Labute approximate surface area is 125 Å². The molecule has 2 aromatic heterocycles. The average molecular weight is 306 g/mol. The molecule has 3 aromatic rings. The number of nitrogens with one attached hydrogen (secondary N) is 1. The van der Waals surface area contributed by atoms with Crippen molar-refractivity contribution in [2.24, 2.45) is 0 Å². The van der Waals surface area contributed by atoms with Crippen LogP contribution in [0.15, 0.2) is 30.3 Å². The molecular formula is C14H12ClN3OS. The highest BCUT2D eigenvalue weighted by atomic mass is 35.5. The van der Waals surface area contributed by atoms with E-state index in [4.69, 9.17) is 16.3 Å². The maximum Gasteiger partial charge on any atom is 0.232 e. The van der Waals surface area contributed by atoms with Crippen LogP contribution in [0.5, 0.6) is 11.6 Å². The molecule has 1 N–H and O–H groups in total. The Morgan fingerprint density at radius 3 is 2.80 bits per heavy atom. The van der Waals surface area contributed by atoms with Gasteiger partial charge >= 0.3 is 0 Å². The number of rotatable bonds is 3. The molecule has 0 radical (unpaired) electrons. The topological polar surface area (TPSA) is 47.0 Å². The largest absolute Gasteiger partial charge is 0.437 e. The Morgan fingerprint density at radius 1 is 1.25 bits per heavy atom. The van der Waals surface area contributed by atoms with Gasteiger partial charge in [0.2, 0.25) is 11.8 Å². The van der Waals surface area contributed by atoms with Crippen LogP contribution >= 0.6 is 22.9 Å². The number of ether oxygens (including phenoxy) is 1. The Kier molecular flexibility index (Phi) is 3.46. The SMILES string of the molecule is CNc1nc(Oc2ccccc2Cl)c2cc(C)sc2n1. The summed E-state index contributed by atoms with van der Waals surface area (Å²) < 4.78 is 5.86. The average Bonchev–Trinajstić information content (AvgIpc) is 2.81. The summed E-state index contributed by atoms with van der Waals surface area (Å²) in [7, 11) is 1.78. The van der Waals surface area contributed by atoms with Gasteiger partial charge in [-0.3, -0.25) is 0 Å². The monoisotopic (exact) mass is 305 g/mol. The third-order valence-corrected chi connectivity index (χ3v) is 4.00. The van der Waals surface area contributed by atoms with Gasteiger partial charge in [0.1, 0.15) is 10.6 Å². The summed E-state index contributed by atoms with van der Waals surface area (Å²) >= 11 is 7.73. The van der Waals surface area contributed by atoms with Crippen LogP contribution in [0.1, 0.15) is 4.88 Å². The number of nitrogens with zero attached hydrogens (tertiary/aromatic N) is 2. The number of aryl methyl sites for hydroxylation is 1. The number of para-hydroxylation sites is 1. The number of anilines is 1. The maximum atomic E-state index is 6.12. The second-order valence-electron chi connectivity index (χ2n) is 4.21. The molecule has 0 fully saturated rings. The number of benzene rings is 1. The van der Waals surface area contributed by atoms with Gasteiger partial charge in [-0.1, -0.05) is 23.7 Å². The number of aromatic nitrogens is 2. The van der Waals surface area contributed by atoms with E-state index in [1.165, 1.54) is 0 Å². The Hall–Kier alpha value is -1.85. The van der Waals surface area contributed by atoms with Gasteiger partial charge in [-0.15, -0.1) is 11.3 Å². The van der Waals surface area contributed by atoms with Gasteiger partial charge in [-0.05, 0) is 25.1 Å². The summed E-state index contributed by atoms with van der Waals surface area (Å²) in [4.78, 5) is 10.8. The van der Waals surface area contributed by atoms with Crippen LogP contribution < -0.4 is 10.1 Å². The highest BCUT2D eigenvalue weighted by Crippen LogP contribution is 2.35. The van der Waals surface area contributed by atoms with Crippen molar-refractivity contribution in [1.82, 2.24) is 9.97 Å². The lowest BCUT2D eigenvalue weighted by Crippen LogP contribution is -1.98. The molecule has 0 saturated heterocycles. The first-order chi connectivity index (χ1) is 9.67. The first kappa shape index (κ1) is 13.1. The minimum Gasteiger partial charge on any atom is -0.437 e. The lowest BCUT2D eigenvalue weighted by molar-refractivity contribution is 0.469. The summed E-state index contributed by atoms with van der Waals surface area (Å²) in [5.41, 5.74) is 0. The molecule has 20 heavy (non-hydrogen) atoms. The predicted octanol–water partition coefficient (Wildman–Crippen LogP) is 4.49. The molecule has 0 bridgehead atoms. The van der Waals surface area contributed by atoms with Gasteiger partial charge < -0.3 is 10.1 Å². The molecule has 0 aliphatic rings. The summed E-state index contributed by atoms with van der Waals surface area (Å²) in [6, 6.07) is 9.35. The smallest absolute Gasteiger partial charge is 0.232 e. The van der Waals surface area contributed by atoms with Crippen LogP contribution in [0.25, 0.3) is 10.2 Å². The van der Waals surface area contributed by atoms with Crippen molar-refractivity contribution in [2.75, 3.05) is 12.4 Å². The van der Waals surface area contributed by atoms with Crippen LogP contribution in [-0.2, 0) is 0 Å². The molecule has 0 saturated carbocycles. The van der Waals surface area contributed by atoms with Gasteiger partial charge in [0.05, 0.1) is 10.4 Å². The number of hydrogen-bond acceptors (Lipinski definition) is 5. The number of thiophene rings is 1. The van der Waals surface area contributed by atoms with E-state index in [1.54, 1.807) is 24.5 Å². The van der Waals surface area contributed by atoms with Gasteiger partial charge in [-0.25, -0.2) is 4.98 Å². The molecule has 3 rings (SSSR count). The van der Waals surface area contributed by atoms with E-state index >= 15 is 0 Å². The van der Waals surface area contributed by atoms with Crippen LogP contribution in [0, 0.1) is 6.92 Å². The molecule has 1 aromatic carbocycles. The second kappa shape index (κ2) is 5.26. The highest BCUT2D eigenvalue weighted by molar-refractivity contribution is 7.18. The molecular weight excluding hydrogens is 294 g/mol. The highest BCUT2D eigenvalue weighted by Gasteiger charge is 2.13. The fraction of sp³-hybridized carbons (Fsp3) is 0.143. The molecule has 4 nitrogen and oxygen atoms in total. The van der Waals surface area contributed by atoms with Gasteiger partial charge in [0, 0.05) is 11.9 Å². The summed E-state index contributed by atoms with van der Waals surface area (Å²) in [6.07, 6.45) is 0. The molecule has 0 aliphatic heterocycles. The standard InChI is InChI=1S/C14H12ClN3OS/c1-8-7-9-12(17-14(16-2)18-13(9)20-8)19-11-6-4-3-5-10(11)15/h3-7H,1-2H3,(H,16,17,18). The van der Waals surface area contributed by atoms with Crippen molar-refractivity contribution in [3.63, 3.8) is 0 Å². The van der Waals surface area contributed by atoms with Gasteiger partial charge in [0.25, 0.3) is 0 Å². The fourth-order valence-corrected chi connectivity index (χ4v) is 2.88. The van der Waals surface area contributed by atoms with Crippen molar-refractivity contribution in [2.45, 2.75) is 6.92 Å². The first-order valence-corrected chi connectivity index (χ1v) is 7.25. The number of halogens is 1. The first-order valence-electron chi connectivity index (χ1n) is 6.05. The van der Waals surface area contributed by atoms with E-state index in [9.17, 15) is 0 Å². The normalized spacial score (nSPS) is 10.8. The molecule has 0 spiro atoms. The van der Waals surface area contributed by atoms with Crippen LogP contribution in [0.3, 0.4) is 0 Å². The van der Waals surface area contributed by atoms with Crippen molar-refractivity contribution in [3.8, 4) is 11.6 Å². The zero-order valence-electron chi connectivity index (χ0n) is 11.0. The molecule has 0 amide bonds. The van der Waals surface area contributed by atoms with Crippen LogP contribution in [-0.4, -0.2) is 17.0 Å². The van der Waals surface area contributed by atoms with E-state index < -0.39 is 0 Å². The fourth-order valence-electron chi connectivity index (χ4n) is 1.84. The summed E-state index contributed by atoms with van der Waals surface area (Å²) in [6.45, 7) is 2.03. The quantitative estimate of drug-likeness (QED) is 0.774. The van der Waals surface area contributed by atoms with Crippen LogP contribution in [0.4, 0.5) is 5.95 Å². The van der Waals surface area contributed by atoms with Gasteiger partial charge in [-0.2, -0.15) is 4.98 Å². The minimum absolute atomic E-state index is 0.511. The predicted molar refractivity (Wildman–Crippen MR) is 83.2 cm³/mol. The van der Waals surface area contributed by atoms with Crippen LogP contribution in [0.2, 0.25) is 5.02 Å². The molecule has 0 unspecified atom stereocenters. The van der Waals surface area contributed by atoms with Crippen molar-refractivity contribution in [1.29, 1.82) is 0 Å². The zero-order chi connectivity index (χ0) is 14.1. The number of hydrogen-bond donors (Lipinski definition) is 1. The van der Waals surface area contributed by atoms with Gasteiger partial charge in [0.15, 0.2) is 0 Å². The van der Waals surface area contributed by atoms with E-state index in [0.29, 0.717) is 22.6 Å². The Bertz CT molecular complexity index is 772. The summed E-state index contributed by atoms with van der Waals surface area (Å²) in [5.74, 6) is 1.62. The molecule has 6 heteroatoms. The Morgan fingerprint density at radius 2 is 2.05 bits per heavy atom. The van der Waals surface area contributed by atoms with Crippen molar-refractivity contribution in [3.05, 3.63) is 40.2 Å². The minimum atomic E-state index is 0.511. The van der Waals surface area contributed by atoms with Crippen molar-refractivity contribution < 1.29 is 4.74 Å². The molecule has 102 valence electrons. The van der Waals surface area contributed by atoms with E-state index in [-0.39, 0.29) is 0 Å². The molecule has 0 aliphatic carbocycles. The lowest BCUT2D eigenvalue weighted by atomic mass is 10.3. The van der Waals surface area contributed by atoms with E-state index in [2.05, 4.69) is 15.3 Å². The molecule has 0 atom stereocenters. The van der Waals surface area contributed by atoms with E-state index in [0.717, 1.165) is 15.1 Å². The maximum absolute atomic E-state index is 6.12. The third kappa shape index (κ3) is 2.42. The van der Waals surface area contributed by atoms with Crippen molar-refractivity contribution >= 4 is 39.1 Å². The number of fused-ring (bicyclic) bond motifs is 1. The lowest BCUT2D eigenvalue weighted by Gasteiger charge is -2.08. The molecule has 2 heterocycles. The van der Waals surface area contributed by atoms with E-state index in [1.807, 2.05) is 31.2 Å².